The molecule has 4 aromatic rings. The fraction of sp³-hybridized carbons (Fsp3) is 0.321. The fourth-order valence-corrected chi connectivity index (χ4v) is 6.66. The van der Waals surface area contributed by atoms with Gasteiger partial charge in [-0.25, -0.2) is 22.3 Å². The molecule has 10 nitrogen and oxygen atoms in total. The summed E-state index contributed by atoms with van der Waals surface area (Å²) >= 11 is 3.23. The zero-order valence-electron chi connectivity index (χ0n) is 22.5. The molecule has 0 spiro atoms. The molecule has 3 heterocycles. The summed E-state index contributed by atoms with van der Waals surface area (Å²) in [6.45, 7) is 2.86. The Morgan fingerprint density at radius 1 is 0.951 bits per heavy atom. The van der Waals surface area contributed by atoms with E-state index in [9.17, 15) is 23.0 Å². The number of hydrogen-bond donors (Lipinski definition) is 1. The highest BCUT2D eigenvalue weighted by molar-refractivity contribution is 9.10. The van der Waals surface area contributed by atoms with Crippen molar-refractivity contribution in [2.24, 2.45) is 7.05 Å². The van der Waals surface area contributed by atoms with Crippen molar-refractivity contribution in [3.8, 4) is 5.69 Å². The third-order valence-corrected chi connectivity index (χ3v) is 9.52. The molecule has 2 fully saturated rings. The largest absolute Gasteiger partial charge is 0.352 e. The molecule has 1 aliphatic heterocycles. The van der Waals surface area contributed by atoms with Crippen molar-refractivity contribution in [2.75, 3.05) is 38.5 Å². The number of aromatic nitrogens is 3. The number of fused-ring (bicyclic) bond motifs is 1. The average molecular weight is 644 g/mol. The van der Waals surface area contributed by atoms with Crippen molar-refractivity contribution >= 4 is 49.3 Å². The molecule has 2 aromatic carbocycles. The van der Waals surface area contributed by atoms with E-state index in [0.29, 0.717) is 41.0 Å². The van der Waals surface area contributed by atoms with Crippen molar-refractivity contribution in [2.45, 2.75) is 23.8 Å². The first kappa shape index (κ1) is 27.8. The van der Waals surface area contributed by atoms with Gasteiger partial charge in [-0.1, -0.05) is 22.0 Å². The Morgan fingerprint density at radius 3 is 2.37 bits per heavy atom. The summed E-state index contributed by atoms with van der Waals surface area (Å²) in [5, 5.41) is 2.99. The first-order chi connectivity index (χ1) is 19.6. The van der Waals surface area contributed by atoms with Crippen molar-refractivity contribution in [3.63, 3.8) is 0 Å². The third-order valence-electron chi connectivity index (χ3n) is 7.54. The van der Waals surface area contributed by atoms with Crippen LogP contribution in [0.1, 0.15) is 18.9 Å². The second kappa shape index (κ2) is 10.8. The van der Waals surface area contributed by atoms with Crippen LogP contribution in [0.2, 0.25) is 0 Å². The summed E-state index contributed by atoms with van der Waals surface area (Å²) in [7, 11) is 2.04. The van der Waals surface area contributed by atoms with Gasteiger partial charge in [-0.15, -0.1) is 0 Å². The second-order valence-corrected chi connectivity index (χ2v) is 12.8. The number of benzene rings is 2. The molecule has 2 aromatic heterocycles. The minimum atomic E-state index is -1.46. The smallest absolute Gasteiger partial charge is 0.337 e. The van der Waals surface area contributed by atoms with Crippen LogP contribution in [0.3, 0.4) is 0 Å². The Balaban J connectivity index is 1.58. The highest BCUT2D eigenvalue weighted by Gasteiger charge is 2.31. The molecule has 0 radical (unpaired) electrons. The maximum absolute atomic E-state index is 14.8. The van der Waals surface area contributed by atoms with Crippen LogP contribution in [-0.4, -0.2) is 60.3 Å². The lowest BCUT2D eigenvalue weighted by molar-refractivity contribution is 0.228. The Labute approximate surface area is 245 Å². The van der Waals surface area contributed by atoms with Gasteiger partial charge < -0.3 is 10.2 Å². The molecule has 13 heteroatoms. The van der Waals surface area contributed by atoms with Crippen LogP contribution in [0.4, 0.5) is 15.8 Å². The minimum Gasteiger partial charge on any atom is -0.352 e. The number of piperazine rings is 1. The van der Waals surface area contributed by atoms with Crippen LogP contribution in [0.25, 0.3) is 16.7 Å². The lowest BCUT2D eigenvalue weighted by atomic mass is 10.2. The quantitative estimate of drug-likeness (QED) is 0.347. The highest BCUT2D eigenvalue weighted by Crippen LogP contribution is 2.34. The van der Waals surface area contributed by atoms with Gasteiger partial charge >= 0.3 is 5.69 Å². The normalized spacial score (nSPS) is 17.2. The van der Waals surface area contributed by atoms with Gasteiger partial charge in [-0.3, -0.25) is 18.7 Å². The van der Waals surface area contributed by atoms with Gasteiger partial charge in [0, 0.05) is 49.8 Å². The van der Waals surface area contributed by atoms with Crippen LogP contribution >= 0.6 is 15.9 Å². The van der Waals surface area contributed by atoms with Gasteiger partial charge in [0.05, 0.1) is 22.0 Å². The Kier molecular flexibility index (Phi) is 7.30. The molecule has 1 saturated heterocycles. The molecular formula is C28H28BrFN6O4S. The van der Waals surface area contributed by atoms with E-state index in [0.717, 1.165) is 13.1 Å². The lowest BCUT2D eigenvalue weighted by Crippen LogP contribution is -2.45. The maximum Gasteiger partial charge on any atom is 0.337 e. The topological polar surface area (TPSA) is 102 Å². The summed E-state index contributed by atoms with van der Waals surface area (Å²) in [6, 6.07) is 12.2. The number of hydrogen-bond acceptors (Lipinski definition) is 6. The van der Waals surface area contributed by atoms with E-state index < -0.39 is 33.6 Å². The Hall–Kier alpha value is -3.39. The van der Waals surface area contributed by atoms with E-state index >= 15 is 0 Å². The fourth-order valence-electron chi connectivity index (χ4n) is 5.12. The molecule has 1 N–H and O–H groups in total. The van der Waals surface area contributed by atoms with E-state index in [-0.39, 0.29) is 28.5 Å². The number of rotatable bonds is 6. The molecule has 1 unspecified atom stereocenters. The van der Waals surface area contributed by atoms with Crippen LogP contribution < -0.4 is 22.1 Å². The molecule has 1 atom stereocenters. The standard InChI is InChI=1S/C28H28BrFN6O4S/c1-32-10-12-34(13-11-32)41(40)20-5-3-4-19(15-20)35-26-25(27(38)36(28(35)39)18-7-8-18)23(16-24(37)33(26)2)31-22-9-6-17(29)14-21(22)30/h3-6,9,14-16,18,31H,7-8,10-13H2,1-2H3. The van der Waals surface area contributed by atoms with Crippen LogP contribution in [0, 0.1) is 5.82 Å². The predicted molar refractivity (Wildman–Crippen MR) is 160 cm³/mol. The minimum absolute atomic E-state index is 0.0620. The van der Waals surface area contributed by atoms with E-state index in [1.807, 2.05) is 11.4 Å². The zero-order valence-corrected chi connectivity index (χ0v) is 24.9. The summed E-state index contributed by atoms with van der Waals surface area (Å²) in [5.74, 6) is -0.580. The first-order valence-corrected chi connectivity index (χ1v) is 15.1. The molecule has 1 saturated carbocycles. The van der Waals surface area contributed by atoms with Gasteiger partial charge in [-0.2, -0.15) is 0 Å². The van der Waals surface area contributed by atoms with Gasteiger partial charge in [-0.05, 0) is 56.3 Å². The molecule has 1 aliphatic carbocycles. The number of likely N-dealkylation sites (N-methyl/N-ethyl adjacent to an activating group) is 1. The number of nitrogens with one attached hydrogen (secondary N) is 1. The number of halogens is 2. The van der Waals surface area contributed by atoms with E-state index in [1.54, 1.807) is 30.3 Å². The van der Waals surface area contributed by atoms with Crippen molar-refractivity contribution < 1.29 is 8.60 Å². The van der Waals surface area contributed by atoms with Gasteiger partial charge in [0.25, 0.3) is 11.1 Å². The zero-order chi connectivity index (χ0) is 29.0. The molecule has 0 bridgehead atoms. The number of nitrogens with zero attached hydrogens (tertiary/aromatic N) is 5. The molecule has 6 rings (SSSR count). The van der Waals surface area contributed by atoms with Crippen LogP contribution in [0.5, 0.6) is 0 Å². The van der Waals surface area contributed by atoms with E-state index in [4.69, 9.17) is 0 Å². The summed E-state index contributed by atoms with van der Waals surface area (Å²) in [6.07, 6.45) is 1.34. The van der Waals surface area contributed by atoms with Crippen molar-refractivity contribution in [1.29, 1.82) is 0 Å². The van der Waals surface area contributed by atoms with E-state index in [1.165, 1.54) is 38.9 Å². The molecule has 2 aliphatic rings. The SMILES string of the molecule is CN1CCN(S(=O)c2cccc(-n3c(=O)n(C4CC4)c(=O)c4c(Nc5ccc(Br)cc5F)cc(=O)n(C)c43)c2)CC1. The lowest BCUT2D eigenvalue weighted by Gasteiger charge is -2.31. The molecule has 41 heavy (non-hydrogen) atoms. The van der Waals surface area contributed by atoms with Gasteiger partial charge in [0.2, 0.25) is 0 Å². The van der Waals surface area contributed by atoms with E-state index in [2.05, 4.69) is 26.1 Å². The highest BCUT2D eigenvalue weighted by atomic mass is 79.9. The molecule has 0 amide bonds. The van der Waals surface area contributed by atoms with Crippen LogP contribution in [-0.2, 0) is 18.0 Å². The maximum atomic E-state index is 14.8. The molecule has 214 valence electrons. The summed E-state index contributed by atoms with van der Waals surface area (Å²) < 4.78 is 34.5. The summed E-state index contributed by atoms with van der Waals surface area (Å²) in [5.41, 5.74) is -1.04. The molecular weight excluding hydrogens is 615 g/mol. The Morgan fingerprint density at radius 2 is 1.68 bits per heavy atom. The third kappa shape index (κ3) is 5.11. The first-order valence-electron chi connectivity index (χ1n) is 13.2. The average Bonchev–Trinajstić information content (AvgIpc) is 3.78. The summed E-state index contributed by atoms with van der Waals surface area (Å²) in [4.78, 5) is 43.7. The number of aryl methyl sites for hydroxylation is 1. The predicted octanol–water partition coefficient (Wildman–Crippen LogP) is 3.10. The monoisotopic (exact) mass is 642 g/mol. The van der Waals surface area contributed by atoms with Gasteiger partial charge in [0.15, 0.2) is 0 Å². The van der Waals surface area contributed by atoms with Gasteiger partial charge in [0.1, 0.15) is 27.8 Å². The number of pyridine rings is 1. The van der Waals surface area contributed by atoms with Crippen LogP contribution in [0.15, 0.2) is 72.3 Å². The Bertz CT molecular complexity index is 1890. The number of anilines is 2. The second-order valence-electron chi connectivity index (χ2n) is 10.4. The van der Waals surface area contributed by atoms with Crippen molar-refractivity contribution in [3.05, 3.63) is 90.0 Å². The van der Waals surface area contributed by atoms with Crippen molar-refractivity contribution in [1.82, 2.24) is 22.9 Å².